The van der Waals surface area contributed by atoms with E-state index in [1.807, 2.05) is 12.1 Å². The molecule has 1 aliphatic heterocycles. The van der Waals surface area contributed by atoms with Crippen LogP contribution in [0.5, 0.6) is 0 Å². The second kappa shape index (κ2) is 4.92. The van der Waals surface area contributed by atoms with Gasteiger partial charge >= 0.3 is 0 Å². The summed E-state index contributed by atoms with van der Waals surface area (Å²) in [5, 5.41) is 8.71. The Labute approximate surface area is 107 Å². The number of nitrogens with one attached hydrogen (secondary N) is 1. The lowest BCUT2D eigenvalue weighted by Gasteiger charge is -2.29. The second-order valence-corrected chi connectivity index (χ2v) is 6.21. The molecule has 0 saturated carbocycles. The molecular weight excluding hydrogens is 252 g/mol. The minimum atomic E-state index is -3.09. The number of H-pyrrole nitrogens is 1. The van der Waals surface area contributed by atoms with Crippen molar-refractivity contribution in [3.8, 4) is 6.07 Å². The van der Waals surface area contributed by atoms with Gasteiger partial charge in [0.15, 0.2) is 0 Å². The van der Waals surface area contributed by atoms with Crippen LogP contribution in [0.15, 0.2) is 18.3 Å². The van der Waals surface area contributed by atoms with Crippen molar-refractivity contribution in [3.05, 3.63) is 23.9 Å². The fraction of sp³-hybridized carbons (Fsp3) is 0.455. The van der Waals surface area contributed by atoms with Crippen molar-refractivity contribution in [2.45, 2.75) is 0 Å². The zero-order valence-electron chi connectivity index (χ0n) is 10.1. The molecule has 0 radical (unpaired) electrons. The summed E-state index contributed by atoms with van der Waals surface area (Å²) in [4.78, 5) is 5.12. The van der Waals surface area contributed by atoms with Gasteiger partial charge in [0.05, 0.1) is 38.0 Å². The number of nitrogens with zero attached hydrogens (tertiary/aromatic N) is 3. The molecule has 0 amide bonds. The average molecular weight is 267 g/mol. The van der Waals surface area contributed by atoms with Crippen molar-refractivity contribution in [1.82, 2.24) is 4.31 Å². The fourth-order valence-electron chi connectivity index (χ4n) is 1.94. The predicted octanol–water partition coefficient (Wildman–Crippen LogP) is -0.546. The molecule has 18 heavy (non-hydrogen) atoms. The van der Waals surface area contributed by atoms with Crippen LogP contribution in [0, 0.1) is 11.3 Å². The van der Waals surface area contributed by atoms with Crippen molar-refractivity contribution in [2.24, 2.45) is 0 Å². The van der Waals surface area contributed by atoms with E-state index in [9.17, 15) is 8.42 Å². The summed E-state index contributed by atoms with van der Waals surface area (Å²) in [6, 6.07) is 5.63. The number of hydrogen-bond donors (Lipinski definition) is 0. The van der Waals surface area contributed by atoms with E-state index in [1.54, 1.807) is 12.3 Å². The molecule has 0 aromatic carbocycles. The topological polar surface area (TPSA) is 78.5 Å². The maximum absolute atomic E-state index is 11.4. The molecular formula is C11H15N4O2S+. The lowest BCUT2D eigenvalue weighted by Crippen LogP contribution is -2.49. The van der Waals surface area contributed by atoms with Gasteiger partial charge in [-0.2, -0.15) is 9.57 Å². The Morgan fingerprint density at radius 1 is 1.28 bits per heavy atom. The minimum absolute atomic E-state index is 0.493. The van der Waals surface area contributed by atoms with Crippen LogP contribution < -0.4 is 9.88 Å². The number of rotatable bonds is 2. The van der Waals surface area contributed by atoms with E-state index >= 15 is 0 Å². The highest BCUT2D eigenvalue weighted by Crippen LogP contribution is 2.12. The van der Waals surface area contributed by atoms with Crippen LogP contribution in [0.3, 0.4) is 0 Å². The van der Waals surface area contributed by atoms with E-state index < -0.39 is 10.0 Å². The van der Waals surface area contributed by atoms with Crippen molar-refractivity contribution in [3.63, 3.8) is 0 Å². The summed E-state index contributed by atoms with van der Waals surface area (Å²) >= 11 is 0. The van der Waals surface area contributed by atoms with Crippen molar-refractivity contribution in [1.29, 1.82) is 5.26 Å². The second-order valence-electron chi connectivity index (χ2n) is 4.22. The maximum atomic E-state index is 11.4. The first-order chi connectivity index (χ1) is 8.50. The number of piperazine rings is 1. The Balaban J connectivity index is 2.03. The Kier molecular flexibility index (Phi) is 3.50. The number of aromatic nitrogens is 1. The van der Waals surface area contributed by atoms with Gasteiger partial charge in [-0.25, -0.2) is 13.4 Å². The monoisotopic (exact) mass is 267 g/mol. The summed E-state index contributed by atoms with van der Waals surface area (Å²) in [6.45, 7) is 2.28. The zero-order valence-corrected chi connectivity index (χ0v) is 10.9. The van der Waals surface area contributed by atoms with Gasteiger partial charge in [0.25, 0.3) is 5.82 Å². The Morgan fingerprint density at radius 2 is 1.94 bits per heavy atom. The van der Waals surface area contributed by atoms with Crippen LogP contribution >= 0.6 is 0 Å². The zero-order chi connectivity index (χ0) is 13.2. The van der Waals surface area contributed by atoms with Gasteiger partial charge in [0.1, 0.15) is 12.3 Å². The van der Waals surface area contributed by atoms with Gasteiger partial charge in [-0.15, -0.1) is 0 Å². The third kappa shape index (κ3) is 2.78. The fourth-order valence-corrected chi connectivity index (χ4v) is 2.77. The van der Waals surface area contributed by atoms with Crippen LogP contribution in [0.25, 0.3) is 0 Å². The summed E-state index contributed by atoms with van der Waals surface area (Å²) in [5.41, 5.74) is 0.577. The van der Waals surface area contributed by atoms with Gasteiger partial charge in [-0.1, -0.05) is 0 Å². The first kappa shape index (κ1) is 12.8. The standard InChI is InChI=1S/C11H14N4O2S/c1-18(16,17)15-6-4-14(5-7-15)11-3-2-10(8-12)9-13-11/h2-3,9H,4-7H2,1H3/p+1. The third-order valence-electron chi connectivity index (χ3n) is 2.97. The van der Waals surface area contributed by atoms with Gasteiger partial charge in [0.2, 0.25) is 10.0 Å². The molecule has 1 fully saturated rings. The van der Waals surface area contributed by atoms with Gasteiger partial charge in [-0.05, 0) is 6.07 Å². The largest absolute Gasteiger partial charge is 0.274 e. The third-order valence-corrected chi connectivity index (χ3v) is 4.28. The molecule has 1 aromatic rings. The molecule has 0 unspecified atom stereocenters. The maximum Gasteiger partial charge on any atom is 0.274 e. The number of sulfonamides is 1. The molecule has 1 aromatic heterocycles. The Morgan fingerprint density at radius 3 is 2.39 bits per heavy atom. The number of nitriles is 1. The molecule has 0 atom stereocenters. The summed E-state index contributed by atoms with van der Waals surface area (Å²) in [6.07, 6.45) is 2.88. The van der Waals surface area contributed by atoms with Crippen LogP contribution in [-0.2, 0) is 10.0 Å². The number of anilines is 1. The SMILES string of the molecule is CS(=O)(=O)N1CCN(c2ccc(C#N)c[nH+]2)CC1. The molecule has 0 bridgehead atoms. The Bertz CT molecular complexity index is 554. The van der Waals surface area contributed by atoms with E-state index in [0.717, 1.165) is 5.82 Å². The quantitative estimate of drug-likeness (QED) is 0.720. The van der Waals surface area contributed by atoms with Crippen LogP contribution in [0.4, 0.5) is 5.82 Å². The summed E-state index contributed by atoms with van der Waals surface area (Å²) in [5.74, 6) is 0.905. The number of aromatic amines is 1. The lowest BCUT2D eigenvalue weighted by atomic mass is 10.3. The first-order valence-electron chi connectivity index (χ1n) is 5.62. The van der Waals surface area contributed by atoms with Gasteiger partial charge in [-0.3, -0.25) is 4.90 Å². The lowest BCUT2D eigenvalue weighted by molar-refractivity contribution is -0.364. The highest BCUT2D eigenvalue weighted by atomic mass is 32.2. The highest BCUT2D eigenvalue weighted by molar-refractivity contribution is 7.88. The summed E-state index contributed by atoms with van der Waals surface area (Å²) < 4.78 is 24.2. The minimum Gasteiger partial charge on any atom is -0.259 e. The average Bonchev–Trinajstić information content (AvgIpc) is 2.38. The summed E-state index contributed by atoms with van der Waals surface area (Å²) in [7, 11) is -3.09. The van der Waals surface area contributed by atoms with E-state index in [4.69, 9.17) is 5.26 Å². The van der Waals surface area contributed by atoms with Crippen LogP contribution in [0.2, 0.25) is 0 Å². The van der Waals surface area contributed by atoms with E-state index in [2.05, 4.69) is 9.88 Å². The van der Waals surface area contributed by atoms with E-state index in [0.29, 0.717) is 31.7 Å². The molecule has 96 valence electrons. The number of hydrogen-bond acceptors (Lipinski definition) is 4. The van der Waals surface area contributed by atoms with Gasteiger partial charge < -0.3 is 0 Å². The molecule has 2 rings (SSSR count). The first-order valence-corrected chi connectivity index (χ1v) is 7.47. The van der Waals surface area contributed by atoms with Crippen molar-refractivity contribution in [2.75, 3.05) is 37.3 Å². The van der Waals surface area contributed by atoms with E-state index in [-0.39, 0.29) is 0 Å². The molecule has 0 spiro atoms. The Hall–Kier alpha value is -1.65. The molecule has 6 nitrogen and oxygen atoms in total. The van der Waals surface area contributed by atoms with Gasteiger partial charge in [0, 0.05) is 6.07 Å². The molecule has 1 aliphatic rings. The van der Waals surface area contributed by atoms with Crippen LogP contribution in [0.1, 0.15) is 5.56 Å². The predicted molar refractivity (Wildman–Crippen MR) is 66.3 cm³/mol. The highest BCUT2D eigenvalue weighted by Gasteiger charge is 2.27. The number of pyridine rings is 1. The van der Waals surface area contributed by atoms with Crippen molar-refractivity contribution < 1.29 is 13.4 Å². The van der Waals surface area contributed by atoms with E-state index in [1.165, 1.54) is 10.6 Å². The molecule has 1 N–H and O–H groups in total. The smallest absolute Gasteiger partial charge is 0.259 e. The molecule has 0 aliphatic carbocycles. The van der Waals surface area contributed by atoms with Crippen molar-refractivity contribution >= 4 is 15.8 Å². The molecule has 7 heteroatoms. The normalized spacial score (nSPS) is 17.4. The molecule has 1 saturated heterocycles. The van der Waals surface area contributed by atoms with Crippen LogP contribution in [-0.4, -0.2) is 45.2 Å². The molecule has 2 heterocycles.